The van der Waals surface area contributed by atoms with Crippen molar-refractivity contribution in [2.24, 2.45) is 0 Å². The molecule has 34 heavy (non-hydrogen) atoms. The number of methoxy groups -OCH3 is 1. The second kappa shape index (κ2) is 10.9. The monoisotopic (exact) mass is 456 g/mol. The van der Waals surface area contributed by atoms with Gasteiger partial charge < -0.3 is 9.64 Å². The number of benzene rings is 3. The quantitative estimate of drug-likeness (QED) is 0.407. The Morgan fingerprint density at radius 3 is 2.26 bits per heavy atom. The molecule has 4 rings (SSSR count). The second-order valence-electron chi connectivity index (χ2n) is 9.54. The van der Waals surface area contributed by atoms with Gasteiger partial charge in [-0.2, -0.15) is 0 Å². The van der Waals surface area contributed by atoms with Crippen LogP contribution in [0.15, 0.2) is 78.9 Å². The number of anilines is 1. The number of piperazine rings is 1. The molecule has 0 N–H and O–H groups in total. The lowest BCUT2D eigenvalue weighted by atomic mass is 9.78. The van der Waals surface area contributed by atoms with Crippen LogP contribution in [0.25, 0.3) is 11.1 Å². The van der Waals surface area contributed by atoms with Crippen LogP contribution in [0.4, 0.5) is 5.69 Å². The van der Waals surface area contributed by atoms with Crippen LogP contribution in [0.1, 0.15) is 30.9 Å². The fraction of sp³-hybridized carbons (Fsp3) is 0.367. The number of nitrogens with zero attached hydrogens (tertiary/aromatic N) is 2. The highest BCUT2D eigenvalue weighted by atomic mass is 16.5. The van der Waals surface area contributed by atoms with E-state index in [0.717, 1.165) is 51.1 Å². The molecule has 1 atom stereocenters. The Kier molecular flexibility index (Phi) is 7.69. The molecule has 1 unspecified atom stereocenters. The van der Waals surface area contributed by atoms with Gasteiger partial charge in [0.15, 0.2) is 0 Å². The van der Waals surface area contributed by atoms with Crippen molar-refractivity contribution in [2.75, 3.05) is 44.7 Å². The number of ether oxygens (including phenoxy) is 1. The number of esters is 1. The van der Waals surface area contributed by atoms with Crippen molar-refractivity contribution in [3.63, 3.8) is 0 Å². The molecule has 1 saturated heterocycles. The van der Waals surface area contributed by atoms with Crippen molar-refractivity contribution in [2.45, 2.75) is 32.1 Å². The van der Waals surface area contributed by atoms with Gasteiger partial charge in [-0.15, -0.1) is 0 Å². The molecule has 0 aliphatic carbocycles. The number of rotatable bonds is 8. The highest BCUT2D eigenvalue weighted by Gasteiger charge is 2.36. The molecule has 178 valence electrons. The van der Waals surface area contributed by atoms with Gasteiger partial charge in [-0.05, 0) is 62.1 Å². The van der Waals surface area contributed by atoms with E-state index >= 15 is 0 Å². The van der Waals surface area contributed by atoms with E-state index < -0.39 is 5.41 Å². The smallest absolute Gasteiger partial charge is 0.315 e. The first-order valence-corrected chi connectivity index (χ1v) is 12.3. The summed E-state index contributed by atoms with van der Waals surface area (Å²) in [7, 11) is 1.48. The summed E-state index contributed by atoms with van der Waals surface area (Å²) in [5, 5.41) is 0. The summed E-state index contributed by atoms with van der Waals surface area (Å²) in [6.45, 7) is 9.24. The van der Waals surface area contributed by atoms with Crippen LogP contribution in [0, 0.1) is 6.92 Å². The first-order valence-electron chi connectivity index (χ1n) is 12.3. The molecule has 1 heterocycles. The summed E-state index contributed by atoms with van der Waals surface area (Å²) < 4.78 is 5.16. The van der Waals surface area contributed by atoms with Crippen molar-refractivity contribution in [3.05, 3.63) is 90.0 Å². The third-order valence-corrected chi connectivity index (χ3v) is 7.17. The molecule has 3 aromatic carbocycles. The summed E-state index contributed by atoms with van der Waals surface area (Å²) in [6.07, 6.45) is 1.74. The van der Waals surface area contributed by atoms with Gasteiger partial charge in [-0.3, -0.25) is 9.69 Å². The number of hydrogen-bond donors (Lipinski definition) is 0. The van der Waals surface area contributed by atoms with Crippen LogP contribution in [0.2, 0.25) is 0 Å². The van der Waals surface area contributed by atoms with Crippen molar-refractivity contribution in [1.82, 2.24) is 4.90 Å². The molecule has 1 aliphatic rings. The van der Waals surface area contributed by atoms with E-state index in [1.54, 1.807) is 0 Å². The van der Waals surface area contributed by atoms with Crippen molar-refractivity contribution in [3.8, 4) is 11.1 Å². The molecular weight excluding hydrogens is 420 g/mol. The van der Waals surface area contributed by atoms with Gasteiger partial charge in [-0.1, -0.05) is 72.3 Å². The predicted octanol–water partition coefficient (Wildman–Crippen LogP) is 5.70. The molecule has 0 aromatic heterocycles. The molecule has 1 fully saturated rings. The lowest BCUT2D eigenvalue weighted by molar-refractivity contribution is -0.147. The van der Waals surface area contributed by atoms with Crippen LogP contribution in [0.5, 0.6) is 0 Å². The Balaban J connectivity index is 1.32. The highest BCUT2D eigenvalue weighted by molar-refractivity contribution is 5.82. The molecule has 1 aliphatic heterocycles. The van der Waals surface area contributed by atoms with E-state index in [2.05, 4.69) is 65.3 Å². The normalized spacial score (nSPS) is 16.1. The SMILES string of the molecule is COC(=O)C(C)(CCCN1CCN(c2cccc(-c3ccc(C)cc3)c2)CC1)c1ccccc1. The first-order chi connectivity index (χ1) is 16.5. The van der Waals surface area contributed by atoms with Gasteiger partial charge in [0.05, 0.1) is 12.5 Å². The Bertz CT molecular complexity index is 1070. The van der Waals surface area contributed by atoms with Gasteiger partial charge in [-0.25, -0.2) is 0 Å². The standard InChI is InChI=1S/C30H36N2O2/c1-24-13-15-25(16-14-24)26-9-7-12-28(23-26)32-21-19-31(20-22-32)18-8-17-30(2,29(33)34-3)27-10-5-4-6-11-27/h4-7,9-16,23H,8,17-22H2,1-3H3. The Labute approximate surface area is 204 Å². The zero-order valence-electron chi connectivity index (χ0n) is 20.7. The van der Waals surface area contributed by atoms with Gasteiger partial charge in [0, 0.05) is 31.9 Å². The maximum Gasteiger partial charge on any atom is 0.315 e. The number of carbonyl (C=O) groups excluding carboxylic acids is 1. The maximum absolute atomic E-state index is 12.6. The zero-order valence-corrected chi connectivity index (χ0v) is 20.7. The lowest BCUT2D eigenvalue weighted by Gasteiger charge is -2.37. The number of aryl methyl sites for hydroxylation is 1. The Morgan fingerprint density at radius 1 is 0.882 bits per heavy atom. The molecule has 4 nitrogen and oxygen atoms in total. The van der Waals surface area contributed by atoms with Crippen LogP contribution >= 0.6 is 0 Å². The summed E-state index contributed by atoms with van der Waals surface area (Å²) in [5.41, 5.74) is 5.53. The first kappa shape index (κ1) is 24.0. The van der Waals surface area contributed by atoms with Crippen molar-refractivity contribution >= 4 is 11.7 Å². The van der Waals surface area contributed by atoms with Gasteiger partial charge in [0.25, 0.3) is 0 Å². The van der Waals surface area contributed by atoms with E-state index in [4.69, 9.17) is 4.74 Å². The van der Waals surface area contributed by atoms with Crippen LogP contribution in [-0.4, -0.2) is 50.7 Å². The molecule has 4 heteroatoms. The highest BCUT2D eigenvalue weighted by Crippen LogP contribution is 2.31. The second-order valence-corrected chi connectivity index (χ2v) is 9.54. The molecular formula is C30H36N2O2. The summed E-state index contributed by atoms with van der Waals surface area (Å²) in [5.74, 6) is -0.156. The molecule has 0 radical (unpaired) electrons. The van der Waals surface area contributed by atoms with Crippen LogP contribution in [-0.2, 0) is 14.9 Å². The summed E-state index contributed by atoms with van der Waals surface area (Å²) in [4.78, 5) is 17.6. The number of carbonyl (C=O) groups is 1. The van der Waals surface area contributed by atoms with Crippen molar-refractivity contribution in [1.29, 1.82) is 0 Å². The molecule has 0 bridgehead atoms. The zero-order chi connectivity index (χ0) is 24.0. The predicted molar refractivity (Wildman–Crippen MR) is 140 cm³/mol. The van der Waals surface area contributed by atoms with Crippen LogP contribution in [0.3, 0.4) is 0 Å². The van der Waals surface area contributed by atoms with E-state index in [0.29, 0.717) is 0 Å². The molecule has 0 saturated carbocycles. The number of hydrogen-bond acceptors (Lipinski definition) is 4. The molecule has 0 amide bonds. The average molecular weight is 457 g/mol. The Morgan fingerprint density at radius 2 is 1.59 bits per heavy atom. The molecule has 3 aromatic rings. The van der Waals surface area contributed by atoms with E-state index in [1.807, 2.05) is 37.3 Å². The fourth-order valence-electron chi connectivity index (χ4n) is 4.91. The largest absolute Gasteiger partial charge is 0.468 e. The van der Waals surface area contributed by atoms with E-state index in [1.165, 1.54) is 29.5 Å². The average Bonchev–Trinajstić information content (AvgIpc) is 2.89. The fourth-order valence-corrected chi connectivity index (χ4v) is 4.91. The third kappa shape index (κ3) is 5.51. The topological polar surface area (TPSA) is 32.8 Å². The van der Waals surface area contributed by atoms with Gasteiger partial charge >= 0.3 is 5.97 Å². The minimum atomic E-state index is -0.603. The van der Waals surface area contributed by atoms with Gasteiger partial charge in [0.1, 0.15) is 0 Å². The summed E-state index contributed by atoms with van der Waals surface area (Å²) in [6, 6.07) is 27.6. The van der Waals surface area contributed by atoms with Gasteiger partial charge in [0.2, 0.25) is 0 Å². The third-order valence-electron chi connectivity index (χ3n) is 7.17. The van der Waals surface area contributed by atoms with E-state index in [-0.39, 0.29) is 5.97 Å². The van der Waals surface area contributed by atoms with Crippen LogP contribution < -0.4 is 4.90 Å². The lowest BCUT2D eigenvalue weighted by Crippen LogP contribution is -2.47. The van der Waals surface area contributed by atoms with E-state index in [9.17, 15) is 4.79 Å². The minimum absolute atomic E-state index is 0.156. The maximum atomic E-state index is 12.6. The molecule has 0 spiro atoms. The Hall–Kier alpha value is -3.11. The minimum Gasteiger partial charge on any atom is -0.468 e. The summed E-state index contributed by atoms with van der Waals surface area (Å²) >= 11 is 0. The van der Waals surface area contributed by atoms with Crippen molar-refractivity contribution < 1.29 is 9.53 Å².